The van der Waals surface area contributed by atoms with Gasteiger partial charge in [0.15, 0.2) is 0 Å². The molecule has 5 nitrogen and oxygen atoms in total. The van der Waals surface area contributed by atoms with E-state index in [4.69, 9.17) is 4.42 Å². The monoisotopic (exact) mass is 359 g/mol. The van der Waals surface area contributed by atoms with Gasteiger partial charge >= 0.3 is 0 Å². The second-order valence-electron chi connectivity index (χ2n) is 6.89. The van der Waals surface area contributed by atoms with E-state index < -0.39 is 0 Å². The molecule has 0 bridgehead atoms. The molecule has 0 unspecified atom stereocenters. The molecule has 2 aromatic rings. The standard InChI is InChI=1S/C19H25N3O2S/c1-12-8-9-16(10-13(12)2)18-20-21-19(24-18)25-11-17(23)22-14(3)6-5-7-15(22)4/h8-10,14-15H,5-7,11H2,1-4H3/t14-,15-/m0/s1. The molecule has 134 valence electrons. The van der Waals surface area contributed by atoms with Crippen molar-refractivity contribution in [2.45, 2.75) is 64.3 Å². The number of rotatable bonds is 4. The summed E-state index contributed by atoms with van der Waals surface area (Å²) in [4.78, 5) is 14.6. The van der Waals surface area contributed by atoms with Gasteiger partial charge < -0.3 is 9.32 Å². The Balaban J connectivity index is 1.63. The van der Waals surface area contributed by atoms with Gasteiger partial charge in [0.05, 0.1) is 5.75 Å². The molecule has 1 saturated heterocycles. The van der Waals surface area contributed by atoms with E-state index in [1.54, 1.807) is 0 Å². The number of carbonyl (C=O) groups is 1. The lowest BCUT2D eigenvalue weighted by Gasteiger charge is -2.39. The molecule has 1 aliphatic heterocycles. The van der Waals surface area contributed by atoms with Crippen LogP contribution in [0, 0.1) is 13.8 Å². The molecule has 2 atom stereocenters. The van der Waals surface area contributed by atoms with Crippen LogP contribution in [-0.4, -0.2) is 38.8 Å². The minimum absolute atomic E-state index is 0.149. The van der Waals surface area contributed by atoms with Gasteiger partial charge in [-0.2, -0.15) is 0 Å². The van der Waals surface area contributed by atoms with Crippen molar-refractivity contribution >= 4 is 17.7 Å². The van der Waals surface area contributed by atoms with E-state index in [2.05, 4.69) is 37.9 Å². The van der Waals surface area contributed by atoms with Crippen LogP contribution in [0.3, 0.4) is 0 Å². The van der Waals surface area contributed by atoms with Crippen molar-refractivity contribution in [3.8, 4) is 11.5 Å². The predicted molar refractivity (Wildman–Crippen MR) is 99.6 cm³/mol. The smallest absolute Gasteiger partial charge is 0.277 e. The summed E-state index contributed by atoms with van der Waals surface area (Å²) in [6.45, 7) is 8.39. The highest BCUT2D eigenvalue weighted by Crippen LogP contribution is 2.27. The van der Waals surface area contributed by atoms with Gasteiger partial charge in [-0.15, -0.1) is 10.2 Å². The minimum atomic E-state index is 0.149. The number of hydrogen-bond acceptors (Lipinski definition) is 5. The molecule has 1 aromatic heterocycles. The molecule has 1 aliphatic rings. The Hall–Kier alpha value is -1.82. The van der Waals surface area contributed by atoms with Crippen LogP contribution in [0.1, 0.15) is 44.2 Å². The predicted octanol–water partition coefficient (Wildman–Crippen LogP) is 4.24. The number of carbonyl (C=O) groups excluding carboxylic acids is 1. The van der Waals surface area contributed by atoms with Gasteiger partial charge in [-0.1, -0.05) is 17.8 Å². The Morgan fingerprint density at radius 2 is 1.92 bits per heavy atom. The molecular weight excluding hydrogens is 334 g/mol. The number of aromatic nitrogens is 2. The van der Waals surface area contributed by atoms with Crippen LogP contribution < -0.4 is 0 Å². The molecule has 3 rings (SSSR count). The van der Waals surface area contributed by atoms with Crippen molar-refractivity contribution in [1.29, 1.82) is 0 Å². The summed E-state index contributed by atoms with van der Waals surface area (Å²) in [6.07, 6.45) is 3.36. The Kier molecular flexibility index (Phi) is 5.47. The number of thioether (sulfide) groups is 1. The molecule has 6 heteroatoms. The Morgan fingerprint density at radius 3 is 2.60 bits per heavy atom. The molecule has 0 spiro atoms. The van der Waals surface area contributed by atoms with E-state index in [-0.39, 0.29) is 5.91 Å². The summed E-state index contributed by atoms with van der Waals surface area (Å²) in [7, 11) is 0. The van der Waals surface area contributed by atoms with E-state index >= 15 is 0 Å². The second kappa shape index (κ2) is 7.60. The lowest BCUT2D eigenvalue weighted by Crippen LogP contribution is -2.48. The topological polar surface area (TPSA) is 59.2 Å². The third-order valence-electron chi connectivity index (χ3n) is 4.96. The highest BCUT2D eigenvalue weighted by Gasteiger charge is 2.29. The molecule has 0 saturated carbocycles. The molecular formula is C19H25N3O2S. The summed E-state index contributed by atoms with van der Waals surface area (Å²) in [5.74, 6) is 0.983. The van der Waals surface area contributed by atoms with Crippen LogP contribution in [0.2, 0.25) is 0 Å². The third-order valence-corrected chi connectivity index (χ3v) is 5.76. The minimum Gasteiger partial charge on any atom is -0.411 e. The van der Waals surface area contributed by atoms with Crippen LogP contribution in [0.5, 0.6) is 0 Å². The number of amides is 1. The van der Waals surface area contributed by atoms with Gasteiger partial charge in [-0.05, 0) is 70.2 Å². The average Bonchev–Trinajstić information content (AvgIpc) is 3.04. The first kappa shape index (κ1) is 18.0. The zero-order valence-corrected chi connectivity index (χ0v) is 16.1. The number of hydrogen-bond donors (Lipinski definition) is 0. The van der Waals surface area contributed by atoms with Crippen molar-refractivity contribution in [3.05, 3.63) is 29.3 Å². The molecule has 0 aliphatic carbocycles. The zero-order chi connectivity index (χ0) is 18.0. The van der Waals surface area contributed by atoms with Gasteiger partial charge in [-0.25, -0.2) is 0 Å². The van der Waals surface area contributed by atoms with E-state index in [1.807, 2.05) is 23.1 Å². The maximum absolute atomic E-state index is 12.6. The van der Waals surface area contributed by atoms with E-state index in [0.717, 1.165) is 18.4 Å². The van der Waals surface area contributed by atoms with Crippen LogP contribution in [-0.2, 0) is 4.79 Å². The fourth-order valence-electron chi connectivity index (χ4n) is 3.37. The SMILES string of the molecule is Cc1ccc(-c2nnc(SCC(=O)N3[C@@H](C)CCC[C@@H]3C)o2)cc1C. The van der Waals surface area contributed by atoms with Gasteiger partial charge in [0.1, 0.15) is 0 Å². The number of piperidine rings is 1. The first-order valence-electron chi connectivity index (χ1n) is 8.81. The Labute approximate surface area is 153 Å². The van der Waals surface area contributed by atoms with Gasteiger partial charge in [-0.3, -0.25) is 4.79 Å². The molecule has 1 fully saturated rings. The third kappa shape index (κ3) is 4.06. The molecule has 0 radical (unpaired) electrons. The normalized spacial score (nSPS) is 20.7. The fraction of sp³-hybridized carbons (Fsp3) is 0.526. The summed E-state index contributed by atoms with van der Waals surface area (Å²) in [6, 6.07) is 6.69. The Bertz CT molecular complexity index is 749. The fourth-order valence-corrected chi connectivity index (χ4v) is 4.00. The van der Waals surface area contributed by atoms with Gasteiger partial charge in [0.25, 0.3) is 5.22 Å². The number of likely N-dealkylation sites (tertiary alicyclic amines) is 1. The van der Waals surface area contributed by atoms with Crippen molar-refractivity contribution in [1.82, 2.24) is 15.1 Å². The maximum Gasteiger partial charge on any atom is 0.277 e. The highest BCUT2D eigenvalue weighted by atomic mass is 32.2. The molecule has 1 aromatic carbocycles. The summed E-state index contributed by atoms with van der Waals surface area (Å²) in [5.41, 5.74) is 3.33. The first-order chi connectivity index (χ1) is 12.0. The zero-order valence-electron chi connectivity index (χ0n) is 15.3. The van der Waals surface area contributed by atoms with Crippen LogP contribution in [0.15, 0.2) is 27.8 Å². The molecule has 0 N–H and O–H groups in total. The highest BCUT2D eigenvalue weighted by molar-refractivity contribution is 7.99. The lowest BCUT2D eigenvalue weighted by molar-refractivity contribution is -0.134. The second-order valence-corrected chi connectivity index (χ2v) is 7.82. The largest absolute Gasteiger partial charge is 0.411 e. The molecule has 2 heterocycles. The van der Waals surface area contributed by atoms with Crippen LogP contribution >= 0.6 is 11.8 Å². The van der Waals surface area contributed by atoms with Crippen LogP contribution in [0.25, 0.3) is 11.5 Å². The quantitative estimate of drug-likeness (QED) is 0.764. The van der Waals surface area contributed by atoms with Crippen molar-refractivity contribution < 1.29 is 9.21 Å². The van der Waals surface area contributed by atoms with Crippen LogP contribution in [0.4, 0.5) is 0 Å². The lowest BCUT2D eigenvalue weighted by atomic mass is 9.98. The Morgan fingerprint density at radius 1 is 1.20 bits per heavy atom. The number of aryl methyl sites for hydroxylation is 2. The molecule has 1 amide bonds. The van der Waals surface area contributed by atoms with E-state index in [0.29, 0.717) is 29.0 Å². The summed E-state index contributed by atoms with van der Waals surface area (Å²) >= 11 is 1.32. The van der Waals surface area contributed by atoms with E-state index in [1.165, 1.54) is 29.3 Å². The first-order valence-corrected chi connectivity index (χ1v) is 9.79. The number of nitrogens with zero attached hydrogens (tertiary/aromatic N) is 3. The number of benzene rings is 1. The van der Waals surface area contributed by atoms with Gasteiger partial charge in [0.2, 0.25) is 11.8 Å². The van der Waals surface area contributed by atoms with Crippen molar-refractivity contribution in [2.24, 2.45) is 0 Å². The summed E-state index contributed by atoms with van der Waals surface area (Å²) in [5, 5.41) is 8.63. The van der Waals surface area contributed by atoms with Crippen molar-refractivity contribution in [2.75, 3.05) is 5.75 Å². The average molecular weight is 359 g/mol. The van der Waals surface area contributed by atoms with Gasteiger partial charge in [0, 0.05) is 17.6 Å². The van der Waals surface area contributed by atoms with E-state index in [9.17, 15) is 4.79 Å². The maximum atomic E-state index is 12.6. The molecule has 25 heavy (non-hydrogen) atoms. The summed E-state index contributed by atoms with van der Waals surface area (Å²) < 4.78 is 5.73. The van der Waals surface area contributed by atoms with Crippen molar-refractivity contribution in [3.63, 3.8) is 0 Å².